The van der Waals surface area contributed by atoms with Gasteiger partial charge in [0.05, 0.1) is 11.4 Å². The Hall–Kier alpha value is -4.66. The zero-order valence-electron chi connectivity index (χ0n) is 19.9. The van der Waals surface area contributed by atoms with Crippen LogP contribution >= 0.6 is 0 Å². The van der Waals surface area contributed by atoms with Crippen LogP contribution in [-0.2, 0) is 9.53 Å². The molecule has 1 aliphatic rings. The molecule has 9 nitrogen and oxygen atoms in total. The number of carbonyl (C=O) groups is 2. The number of phenolic OH excluding ortho intramolecular Hbond substituents is 1. The van der Waals surface area contributed by atoms with Crippen molar-refractivity contribution in [3.8, 4) is 17.2 Å². The molecule has 0 radical (unpaired) electrons. The van der Waals surface area contributed by atoms with Gasteiger partial charge in [0, 0.05) is 17.2 Å². The lowest BCUT2D eigenvalue weighted by Crippen LogP contribution is -2.28. The quantitative estimate of drug-likeness (QED) is 0.264. The smallest absolute Gasteiger partial charge is 0.412 e. The molecule has 4 rings (SSSR count). The van der Waals surface area contributed by atoms with Crippen molar-refractivity contribution in [3.63, 3.8) is 0 Å². The molecule has 0 aromatic heterocycles. The monoisotopic (exact) mass is 489 g/mol. The van der Waals surface area contributed by atoms with Crippen LogP contribution in [0.2, 0.25) is 0 Å². The summed E-state index contributed by atoms with van der Waals surface area (Å²) in [5.41, 5.74) is 7.14. The lowest BCUT2D eigenvalue weighted by molar-refractivity contribution is -0.112. The maximum atomic E-state index is 12.9. The molecule has 1 aliphatic heterocycles. The second kappa shape index (κ2) is 10.3. The molecule has 5 N–H and O–H groups in total. The summed E-state index contributed by atoms with van der Waals surface area (Å²) in [6, 6.07) is 18.3. The van der Waals surface area contributed by atoms with Crippen molar-refractivity contribution in [2.45, 2.75) is 20.0 Å². The topological polar surface area (TPSA) is 132 Å². The van der Waals surface area contributed by atoms with E-state index in [1.54, 1.807) is 60.7 Å². The Bertz CT molecular complexity index is 1290. The van der Waals surface area contributed by atoms with Gasteiger partial charge in [-0.05, 0) is 48.0 Å². The van der Waals surface area contributed by atoms with Gasteiger partial charge in [0.2, 0.25) is 12.7 Å². The molecule has 36 heavy (non-hydrogen) atoms. The number of benzene rings is 3. The molecular weight excluding hydrogens is 462 g/mol. The highest BCUT2D eigenvalue weighted by atomic mass is 16.7. The van der Waals surface area contributed by atoms with Crippen LogP contribution in [0.4, 0.5) is 21.9 Å². The average molecular weight is 490 g/mol. The fraction of sp³-hybridized carbons (Fsp3) is 0.185. The highest BCUT2D eigenvalue weighted by Crippen LogP contribution is 2.39. The Kier molecular flexibility index (Phi) is 7.00. The summed E-state index contributed by atoms with van der Waals surface area (Å²) in [6.45, 7) is 3.79. The molecule has 9 heteroatoms. The van der Waals surface area contributed by atoms with Crippen LogP contribution in [0.5, 0.6) is 17.2 Å². The summed E-state index contributed by atoms with van der Waals surface area (Å²) in [7, 11) is 0. The Labute approximate surface area is 208 Å². The molecule has 3 aromatic rings. The number of ether oxygens (including phenoxy) is 3. The average Bonchev–Trinajstić information content (AvgIpc) is 3.31. The Morgan fingerprint density at radius 3 is 2.50 bits per heavy atom. The fourth-order valence-electron chi connectivity index (χ4n) is 3.69. The number of hydrogen-bond donors (Lipinski definition) is 4. The normalized spacial score (nSPS) is 13.3. The van der Waals surface area contributed by atoms with Crippen molar-refractivity contribution in [1.29, 1.82) is 0 Å². The largest absolute Gasteiger partial charge is 0.508 e. The van der Waals surface area contributed by atoms with Crippen LogP contribution in [0.3, 0.4) is 0 Å². The van der Waals surface area contributed by atoms with E-state index in [2.05, 4.69) is 10.6 Å². The van der Waals surface area contributed by atoms with E-state index in [-0.39, 0.29) is 18.4 Å². The Morgan fingerprint density at radius 2 is 1.75 bits per heavy atom. The van der Waals surface area contributed by atoms with Crippen LogP contribution in [0.25, 0.3) is 0 Å². The van der Waals surface area contributed by atoms with E-state index in [0.29, 0.717) is 34.1 Å². The van der Waals surface area contributed by atoms with E-state index in [4.69, 9.17) is 19.9 Å². The summed E-state index contributed by atoms with van der Waals surface area (Å²) in [5.74, 6) is 0.819. The van der Waals surface area contributed by atoms with Crippen molar-refractivity contribution < 1.29 is 28.9 Å². The van der Waals surface area contributed by atoms with E-state index in [0.717, 1.165) is 0 Å². The van der Waals surface area contributed by atoms with Gasteiger partial charge in [-0.15, -0.1) is 0 Å². The number of fused-ring (bicyclic) bond motifs is 1. The summed E-state index contributed by atoms with van der Waals surface area (Å²) < 4.78 is 16.5. The SMILES string of the molecule is CC(C)(/C=C/C(=O)Nc1ccccc1N)[C@@H](OC(=O)Nc1ccc2c(c1)OCO2)c1ccc(O)cc1. The third-order valence-electron chi connectivity index (χ3n) is 5.60. The molecule has 3 aromatic carbocycles. The van der Waals surface area contributed by atoms with Gasteiger partial charge < -0.3 is 30.4 Å². The summed E-state index contributed by atoms with van der Waals surface area (Å²) in [4.78, 5) is 25.4. The van der Waals surface area contributed by atoms with Crippen LogP contribution in [0, 0.1) is 5.41 Å². The molecule has 0 aliphatic carbocycles. The number of nitrogens with two attached hydrogens (primary N) is 1. The molecule has 0 fully saturated rings. The summed E-state index contributed by atoms with van der Waals surface area (Å²) in [5, 5.41) is 15.1. The van der Waals surface area contributed by atoms with Gasteiger partial charge in [-0.25, -0.2) is 4.79 Å². The minimum Gasteiger partial charge on any atom is -0.508 e. The molecule has 0 saturated heterocycles. The number of aromatic hydroxyl groups is 1. The van der Waals surface area contributed by atoms with Crippen molar-refractivity contribution in [2.24, 2.45) is 5.41 Å². The second-order valence-corrected chi connectivity index (χ2v) is 8.80. The molecule has 2 amide bonds. The molecule has 0 saturated carbocycles. The van der Waals surface area contributed by atoms with Gasteiger partial charge in [-0.1, -0.05) is 44.2 Å². The molecule has 186 valence electrons. The van der Waals surface area contributed by atoms with E-state index in [1.165, 1.54) is 18.2 Å². The van der Waals surface area contributed by atoms with Crippen molar-refractivity contribution in [1.82, 2.24) is 0 Å². The number of nitrogen functional groups attached to an aromatic ring is 1. The van der Waals surface area contributed by atoms with Gasteiger partial charge in [-0.2, -0.15) is 0 Å². The number of nitrogens with one attached hydrogen (secondary N) is 2. The zero-order chi connectivity index (χ0) is 25.7. The Morgan fingerprint density at radius 1 is 1.03 bits per heavy atom. The first kappa shape index (κ1) is 24.5. The number of phenols is 1. The number of para-hydroxylation sites is 2. The maximum Gasteiger partial charge on any atom is 0.412 e. The fourth-order valence-corrected chi connectivity index (χ4v) is 3.69. The molecule has 1 atom stereocenters. The van der Waals surface area contributed by atoms with Crippen LogP contribution in [-0.4, -0.2) is 23.9 Å². The first-order chi connectivity index (χ1) is 17.2. The number of hydrogen-bond acceptors (Lipinski definition) is 7. The van der Waals surface area contributed by atoms with Crippen LogP contribution in [0.15, 0.2) is 78.9 Å². The van der Waals surface area contributed by atoms with Crippen LogP contribution in [0.1, 0.15) is 25.5 Å². The highest BCUT2D eigenvalue weighted by molar-refractivity contribution is 6.01. The summed E-state index contributed by atoms with van der Waals surface area (Å²) >= 11 is 0. The molecule has 0 unspecified atom stereocenters. The maximum absolute atomic E-state index is 12.9. The first-order valence-corrected chi connectivity index (χ1v) is 11.2. The van der Waals surface area contributed by atoms with Gasteiger partial charge in [-0.3, -0.25) is 10.1 Å². The lowest BCUT2D eigenvalue weighted by Gasteiger charge is -2.31. The first-order valence-electron chi connectivity index (χ1n) is 11.2. The van der Waals surface area contributed by atoms with Gasteiger partial charge in [0.1, 0.15) is 11.9 Å². The minimum atomic E-state index is -0.817. The van der Waals surface area contributed by atoms with E-state index in [9.17, 15) is 14.7 Å². The van der Waals surface area contributed by atoms with Crippen molar-refractivity contribution in [3.05, 3.63) is 84.4 Å². The molecule has 0 spiro atoms. The molecular formula is C27H27N3O6. The predicted molar refractivity (Wildman–Crippen MR) is 136 cm³/mol. The standard InChI is InChI=1S/C27H27N3O6/c1-27(2,14-13-24(32)30-21-6-4-3-5-20(21)28)25(17-7-10-19(31)11-8-17)36-26(33)29-18-9-12-22-23(15-18)35-16-34-22/h3-15,25,31H,16,28H2,1-2H3,(H,29,33)(H,30,32)/b14-13+/t25-/m0/s1. The van der Waals surface area contributed by atoms with Gasteiger partial charge >= 0.3 is 6.09 Å². The third kappa shape index (κ3) is 5.87. The highest BCUT2D eigenvalue weighted by Gasteiger charge is 2.33. The lowest BCUT2D eigenvalue weighted by atomic mass is 9.82. The van der Waals surface area contributed by atoms with E-state index >= 15 is 0 Å². The zero-order valence-corrected chi connectivity index (χ0v) is 19.9. The van der Waals surface area contributed by atoms with E-state index < -0.39 is 17.6 Å². The molecule has 1 heterocycles. The second-order valence-electron chi connectivity index (χ2n) is 8.80. The van der Waals surface area contributed by atoms with Crippen molar-refractivity contribution >= 4 is 29.1 Å². The van der Waals surface area contributed by atoms with E-state index in [1.807, 2.05) is 13.8 Å². The number of anilines is 3. The van der Waals surface area contributed by atoms with Crippen molar-refractivity contribution in [2.75, 3.05) is 23.2 Å². The van der Waals surface area contributed by atoms with Gasteiger partial charge in [0.25, 0.3) is 0 Å². The third-order valence-corrected chi connectivity index (χ3v) is 5.60. The number of carbonyl (C=O) groups excluding carboxylic acids is 2. The summed E-state index contributed by atoms with van der Waals surface area (Å²) in [6.07, 6.45) is 1.54. The number of rotatable bonds is 7. The number of amides is 2. The minimum absolute atomic E-state index is 0.0792. The Balaban J connectivity index is 1.51. The predicted octanol–water partition coefficient (Wildman–Crippen LogP) is 5.21. The molecule has 0 bridgehead atoms. The van der Waals surface area contributed by atoms with Gasteiger partial charge in [0.15, 0.2) is 11.5 Å². The van der Waals surface area contributed by atoms with Crippen LogP contribution < -0.4 is 25.8 Å².